The molecule has 1 amide bonds. The number of benzene rings is 1. The second-order valence-electron chi connectivity index (χ2n) is 9.12. The average Bonchev–Trinajstić information content (AvgIpc) is 3.10. The molecule has 0 aromatic heterocycles. The first kappa shape index (κ1) is 18.3. The van der Waals surface area contributed by atoms with Gasteiger partial charge in [0.15, 0.2) is 0 Å². The van der Waals surface area contributed by atoms with Gasteiger partial charge in [-0.25, -0.2) is 4.79 Å². The summed E-state index contributed by atoms with van der Waals surface area (Å²) in [6.07, 6.45) is -0.812. The van der Waals surface area contributed by atoms with Crippen LogP contribution in [0.1, 0.15) is 46.1 Å². The van der Waals surface area contributed by atoms with Gasteiger partial charge in [0.25, 0.3) is 0 Å². The lowest BCUT2D eigenvalue weighted by molar-refractivity contribution is -0.148. The molecule has 1 aromatic rings. The molecule has 3 aliphatic rings. The van der Waals surface area contributed by atoms with Crippen LogP contribution >= 0.6 is 0 Å². The molecule has 0 radical (unpaired) electrons. The number of amides is 1. The Hall–Kier alpha value is -2.08. The first-order valence-electron chi connectivity index (χ1n) is 9.52. The van der Waals surface area contributed by atoms with Crippen LogP contribution in [-0.4, -0.2) is 47.0 Å². The normalized spacial score (nSPS) is 34.2. The number of rotatable bonds is 2. The van der Waals surface area contributed by atoms with Gasteiger partial charge >= 0.3 is 12.1 Å². The molecular formula is C21H27NO5. The van der Waals surface area contributed by atoms with Gasteiger partial charge in [-0.1, -0.05) is 30.3 Å². The first-order chi connectivity index (χ1) is 12.6. The molecule has 6 heteroatoms. The van der Waals surface area contributed by atoms with Gasteiger partial charge in [-0.3, -0.25) is 9.69 Å². The predicted octanol–water partition coefficient (Wildman–Crippen LogP) is 3.31. The van der Waals surface area contributed by atoms with E-state index in [0.717, 1.165) is 5.56 Å². The van der Waals surface area contributed by atoms with Crippen LogP contribution in [0, 0.1) is 11.8 Å². The van der Waals surface area contributed by atoms with Gasteiger partial charge < -0.3 is 14.2 Å². The number of hydrogen-bond acceptors (Lipinski definition) is 5. The molecule has 2 heterocycles. The van der Waals surface area contributed by atoms with E-state index in [-0.39, 0.29) is 35.9 Å². The van der Waals surface area contributed by atoms with Crippen LogP contribution in [-0.2, 0) is 19.0 Å². The smallest absolute Gasteiger partial charge is 0.413 e. The molecular weight excluding hydrogens is 346 g/mol. The molecule has 27 heavy (non-hydrogen) atoms. The highest BCUT2D eigenvalue weighted by Gasteiger charge is 2.69. The quantitative estimate of drug-likeness (QED) is 0.744. The Morgan fingerprint density at radius 3 is 2.48 bits per heavy atom. The third kappa shape index (κ3) is 3.10. The van der Waals surface area contributed by atoms with Crippen LogP contribution in [0.15, 0.2) is 30.3 Å². The highest BCUT2D eigenvalue weighted by Crippen LogP contribution is 2.62. The first-order valence-corrected chi connectivity index (χ1v) is 9.52. The molecule has 3 fully saturated rings. The summed E-state index contributed by atoms with van der Waals surface area (Å²) in [5, 5.41) is 0. The second kappa shape index (κ2) is 5.96. The molecule has 1 aromatic carbocycles. The number of nitrogens with zero attached hydrogens (tertiary/aromatic N) is 1. The third-order valence-electron chi connectivity index (χ3n) is 5.65. The SMILES string of the molecule is CC(C)(C)OC(=O)N1[C@H]([C@H]2OC(=O)[C@H]3[C@@H](c4ccccc4)[C@@H]23)COC1(C)C. The Balaban J connectivity index is 1.58. The number of hydrogen-bond donors (Lipinski definition) is 0. The summed E-state index contributed by atoms with van der Waals surface area (Å²) in [7, 11) is 0. The Bertz CT molecular complexity index is 754. The van der Waals surface area contributed by atoms with Crippen LogP contribution in [0.3, 0.4) is 0 Å². The minimum Gasteiger partial charge on any atom is -0.459 e. The predicted molar refractivity (Wildman–Crippen MR) is 97.9 cm³/mol. The lowest BCUT2D eigenvalue weighted by atomic mass is 10.0. The van der Waals surface area contributed by atoms with E-state index in [1.807, 2.05) is 65.0 Å². The molecule has 2 aliphatic heterocycles. The van der Waals surface area contributed by atoms with E-state index in [2.05, 4.69) is 0 Å². The van der Waals surface area contributed by atoms with Crippen LogP contribution in [0.5, 0.6) is 0 Å². The Labute approximate surface area is 159 Å². The molecule has 146 valence electrons. The van der Waals surface area contributed by atoms with Crippen LogP contribution in [0.4, 0.5) is 4.79 Å². The van der Waals surface area contributed by atoms with Crippen molar-refractivity contribution in [3.05, 3.63) is 35.9 Å². The van der Waals surface area contributed by atoms with E-state index in [1.54, 1.807) is 4.90 Å². The van der Waals surface area contributed by atoms with E-state index in [1.165, 1.54) is 0 Å². The molecule has 0 unspecified atom stereocenters. The molecule has 5 atom stereocenters. The Kier molecular flexibility index (Phi) is 4.04. The summed E-state index contributed by atoms with van der Waals surface area (Å²) in [5.74, 6) is -0.0664. The average molecular weight is 373 g/mol. The molecule has 1 aliphatic carbocycles. The van der Waals surface area contributed by atoms with Gasteiger partial charge in [0.2, 0.25) is 0 Å². The Morgan fingerprint density at radius 2 is 1.85 bits per heavy atom. The highest BCUT2D eigenvalue weighted by molar-refractivity contribution is 5.82. The molecule has 2 saturated heterocycles. The van der Waals surface area contributed by atoms with Crippen LogP contribution < -0.4 is 0 Å². The maximum Gasteiger partial charge on any atom is 0.413 e. The van der Waals surface area contributed by atoms with E-state index < -0.39 is 17.4 Å². The van der Waals surface area contributed by atoms with E-state index in [4.69, 9.17) is 14.2 Å². The molecule has 1 saturated carbocycles. The van der Waals surface area contributed by atoms with Crippen molar-refractivity contribution in [1.82, 2.24) is 4.90 Å². The summed E-state index contributed by atoms with van der Waals surface area (Å²) in [5.41, 5.74) is -0.271. The molecule has 6 nitrogen and oxygen atoms in total. The van der Waals surface area contributed by atoms with Crippen molar-refractivity contribution < 1.29 is 23.8 Å². The van der Waals surface area contributed by atoms with Gasteiger partial charge in [-0.15, -0.1) is 0 Å². The summed E-state index contributed by atoms with van der Waals surface area (Å²) >= 11 is 0. The maximum absolute atomic E-state index is 12.9. The fourth-order valence-corrected chi connectivity index (χ4v) is 4.52. The van der Waals surface area contributed by atoms with Gasteiger partial charge in [-0.2, -0.15) is 0 Å². The summed E-state index contributed by atoms with van der Waals surface area (Å²) in [6.45, 7) is 9.51. The number of carbonyl (C=O) groups excluding carboxylic acids is 2. The zero-order valence-electron chi connectivity index (χ0n) is 16.5. The number of cyclic esters (lactones) is 1. The van der Waals surface area contributed by atoms with E-state index in [0.29, 0.717) is 6.61 Å². The van der Waals surface area contributed by atoms with Gasteiger partial charge in [0, 0.05) is 11.8 Å². The highest BCUT2D eigenvalue weighted by atomic mass is 16.6. The lowest BCUT2D eigenvalue weighted by Crippen LogP contribution is -2.54. The topological polar surface area (TPSA) is 65.1 Å². The number of carbonyl (C=O) groups is 2. The minimum absolute atomic E-state index is 0.0762. The monoisotopic (exact) mass is 373 g/mol. The second-order valence-corrected chi connectivity index (χ2v) is 9.12. The standard InChI is InChI=1S/C21H27NO5/c1-20(2,3)27-19(24)22-13(11-25-21(22,4)5)17-15-14(16(15)18(23)26-17)12-9-7-6-8-10-12/h6-10,13-17H,11H2,1-5H3/t13-,14-,15+,16-,17+/m0/s1. The van der Waals surface area contributed by atoms with Crippen LogP contribution in [0.25, 0.3) is 0 Å². The van der Waals surface area contributed by atoms with E-state index in [9.17, 15) is 9.59 Å². The number of esters is 1. The molecule has 0 spiro atoms. The zero-order valence-corrected chi connectivity index (χ0v) is 16.5. The van der Waals surface area contributed by atoms with Crippen molar-refractivity contribution in [3.8, 4) is 0 Å². The number of fused-ring (bicyclic) bond motifs is 1. The summed E-state index contributed by atoms with van der Waals surface area (Å²) in [4.78, 5) is 26.9. The van der Waals surface area contributed by atoms with E-state index >= 15 is 0 Å². The third-order valence-corrected chi connectivity index (χ3v) is 5.65. The maximum atomic E-state index is 12.9. The fraction of sp³-hybridized carbons (Fsp3) is 0.619. The molecule has 4 rings (SSSR count). The van der Waals surface area contributed by atoms with Gasteiger partial charge in [-0.05, 0) is 40.2 Å². The van der Waals surface area contributed by atoms with Crippen molar-refractivity contribution in [3.63, 3.8) is 0 Å². The van der Waals surface area contributed by atoms with Crippen molar-refractivity contribution in [2.75, 3.05) is 6.61 Å². The van der Waals surface area contributed by atoms with Crippen molar-refractivity contribution in [2.45, 2.75) is 64.0 Å². The van der Waals surface area contributed by atoms with Crippen molar-refractivity contribution in [2.24, 2.45) is 11.8 Å². The molecule has 0 bridgehead atoms. The largest absolute Gasteiger partial charge is 0.459 e. The zero-order chi connectivity index (χ0) is 19.6. The Morgan fingerprint density at radius 1 is 1.19 bits per heavy atom. The van der Waals surface area contributed by atoms with Crippen molar-refractivity contribution >= 4 is 12.1 Å². The summed E-state index contributed by atoms with van der Waals surface area (Å²) in [6, 6.07) is 9.69. The van der Waals surface area contributed by atoms with Crippen molar-refractivity contribution in [1.29, 1.82) is 0 Å². The molecule has 0 N–H and O–H groups in total. The van der Waals surface area contributed by atoms with Gasteiger partial charge in [0.1, 0.15) is 17.4 Å². The van der Waals surface area contributed by atoms with Crippen LogP contribution in [0.2, 0.25) is 0 Å². The van der Waals surface area contributed by atoms with Gasteiger partial charge in [0.05, 0.1) is 18.6 Å². The summed E-state index contributed by atoms with van der Waals surface area (Å²) < 4.78 is 17.2. The lowest BCUT2D eigenvalue weighted by Gasteiger charge is -2.37. The fourth-order valence-electron chi connectivity index (χ4n) is 4.52. The minimum atomic E-state index is -0.811. The number of ether oxygens (including phenoxy) is 3.